The molecule has 2 aliphatic carbocycles. The molecular weight excluding hydrogens is 564 g/mol. The number of Topliss-reactive ketones (excluding diaryl/α,β-unsaturated/α-hetero) is 2. The highest BCUT2D eigenvalue weighted by atomic mass is 35.5. The fourth-order valence-electron chi connectivity index (χ4n) is 6.71. The van der Waals surface area contributed by atoms with Gasteiger partial charge in [-0.05, 0) is 72.9 Å². The van der Waals surface area contributed by atoms with Gasteiger partial charge in [-0.15, -0.1) is 0 Å². The molecule has 2 aromatic carbocycles. The molecule has 0 bridgehead atoms. The highest BCUT2D eigenvalue weighted by molar-refractivity contribution is 6.32. The molecule has 0 aromatic heterocycles. The summed E-state index contributed by atoms with van der Waals surface area (Å²) in [4.78, 5) is 42.5. The van der Waals surface area contributed by atoms with E-state index in [1.165, 1.54) is 0 Å². The molecule has 8 heteroatoms. The van der Waals surface area contributed by atoms with E-state index in [0.29, 0.717) is 47.6 Å². The number of nitrogens with zero attached hydrogens (tertiary/aromatic N) is 1. The van der Waals surface area contributed by atoms with Crippen LogP contribution in [0.1, 0.15) is 77.3 Å². The molecule has 43 heavy (non-hydrogen) atoms. The van der Waals surface area contributed by atoms with E-state index in [2.05, 4.69) is 37.9 Å². The quantitative estimate of drug-likeness (QED) is 0.355. The zero-order chi connectivity index (χ0) is 31.3. The van der Waals surface area contributed by atoms with Crippen LogP contribution in [0.5, 0.6) is 11.5 Å². The Balaban J connectivity index is 1.55. The monoisotopic (exact) mass is 604 g/mol. The van der Waals surface area contributed by atoms with Gasteiger partial charge in [0, 0.05) is 54.0 Å². The lowest BCUT2D eigenvalue weighted by molar-refractivity contribution is -0.120. The molecule has 5 rings (SSSR count). The van der Waals surface area contributed by atoms with Gasteiger partial charge in [0.05, 0.1) is 11.6 Å². The second-order valence-corrected chi connectivity index (χ2v) is 14.0. The van der Waals surface area contributed by atoms with Crippen LogP contribution < -0.4 is 14.8 Å². The van der Waals surface area contributed by atoms with Gasteiger partial charge in [-0.2, -0.15) is 0 Å². The molecule has 0 unspecified atom stereocenters. The van der Waals surface area contributed by atoms with Crippen molar-refractivity contribution in [2.75, 3.05) is 25.6 Å². The number of carbonyl (C=O) groups is 3. The van der Waals surface area contributed by atoms with Crippen molar-refractivity contribution in [1.29, 1.82) is 0 Å². The minimum atomic E-state index is -0.552. The summed E-state index contributed by atoms with van der Waals surface area (Å²) in [5.41, 5.74) is 5.31. The van der Waals surface area contributed by atoms with Crippen molar-refractivity contribution in [2.24, 2.45) is 10.8 Å². The molecule has 228 valence electrons. The van der Waals surface area contributed by atoms with Crippen LogP contribution >= 0.6 is 11.6 Å². The van der Waals surface area contributed by atoms with Crippen LogP contribution in [0.2, 0.25) is 5.02 Å². The molecule has 2 aromatic rings. The summed E-state index contributed by atoms with van der Waals surface area (Å²) >= 11 is 6.85. The number of hydrogen-bond acceptors (Lipinski definition) is 6. The van der Waals surface area contributed by atoms with Gasteiger partial charge in [-0.1, -0.05) is 51.4 Å². The van der Waals surface area contributed by atoms with E-state index in [4.69, 9.17) is 21.1 Å². The predicted molar refractivity (Wildman–Crippen MR) is 169 cm³/mol. The first-order chi connectivity index (χ1) is 20.2. The van der Waals surface area contributed by atoms with Crippen LogP contribution in [-0.2, 0) is 14.4 Å². The van der Waals surface area contributed by atoms with Gasteiger partial charge in [-0.25, -0.2) is 0 Å². The number of anilines is 1. The lowest BCUT2D eigenvalue weighted by Crippen LogP contribution is -2.43. The van der Waals surface area contributed by atoms with Gasteiger partial charge in [-0.3, -0.25) is 14.4 Å². The summed E-state index contributed by atoms with van der Waals surface area (Å²) in [5, 5.41) is 3.09. The number of allylic oxidation sites excluding steroid dienone is 4. The first-order valence-electron chi connectivity index (χ1n) is 14.9. The van der Waals surface area contributed by atoms with E-state index in [1.54, 1.807) is 6.07 Å². The average molecular weight is 605 g/mol. The molecule has 0 radical (unpaired) electrons. The first kappa shape index (κ1) is 30.9. The van der Waals surface area contributed by atoms with Crippen molar-refractivity contribution in [2.45, 2.75) is 73.1 Å². The Labute approximate surface area is 259 Å². The highest BCUT2D eigenvalue weighted by Gasteiger charge is 2.48. The molecule has 0 saturated carbocycles. The van der Waals surface area contributed by atoms with Crippen LogP contribution in [0, 0.1) is 17.8 Å². The number of ketones is 2. The Kier molecular flexibility index (Phi) is 8.25. The minimum absolute atomic E-state index is 0.0505. The van der Waals surface area contributed by atoms with Crippen molar-refractivity contribution in [3.63, 3.8) is 0 Å². The molecule has 0 spiro atoms. The van der Waals surface area contributed by atoms with E-state index in [1.807, 2.05) is 51.2 Å². The molecule has 1 N–H and O–H groups in total. The maximum atomic E-state index is 13.8. The maximum absolute atomic E-state index is 13.8. The van der Waals surface area contributed by atoms with Gasteiger partial charge in [0.1, 0.15) is 0 Å². The summed E-state index contributed by atoms with van der Waals surface area (Å²) < 4.78 is 11.9. The lowest BCUT2D eigenvalue weighted by atomic mass is 9.63. The Morgan fingerprint density at radius 2 is 1.56 bits per heavy atom. The minimum Gasteiger partial charge on any atom is -0.490 e. The van der Waals surface area contributed by atoms with E-state index in [0.717, 1.165) is 29.8 Å². The molecule has 1 heterocycles. The second kappa shape index (κ2) is 11.5. The topological polar surface area (TPSA) is 84.9 Å². The van der Waals surface area contributed by atoms with E-state index >= 15 is 0 Å². The zero-order valence-corrected chi connectivity index (χ0v) is 26.9. The van der Waals surface area contributed by atoms with Gasteiger partial charge in [0.25, 0.3) is 5.91 Å². The third kappa shape index (κ3) is 6.23. The average Bonchev–Trinajstić information content (AvgIpc) is 2.88. The number of aryl methyl sites for hydroxylation is 1. The second-order valence-electron chi connectivity index (χ2n) is 13.6. The number of halogens is 1. The van der Waals surface area contributed by atoms with Crippen LogP contribution in [-0.4, -0.2) is 42.6 Å². The molecule has 3 aliphatic rings. The molecular formula is C35H41ClN2O5. The van der Waals surface area contributed by atoms with Crippen LogP contribution in [0.4, 0.5) is 5.69 Å². The summed E-state index contributed by atoms with van der Waals surface area (Å²) in [5.74, 6) is -0.175. The number of amides is 1. The molecule has 0 atom stereocenters. The smallest absolute Gasteiger partial charge is 0.262 e. The summed E-state index contributed by atoms with van der Waals surface area (Å²) in [6.07, 6.45) is 2.27. The van der Waals surface area contributed by atoms with Crippen LogP contribution in [0.25, 0.3) is 0 Å². The van der Waals surface area contributed by atoms with E-state index < -0.39 is 5.92 Å². The van der Waals surface area contributed by atoms with Gasteiger partial charge in [0.15, 0.2) is 29.7 Å². The fourth-order valence-corrected chi connectivity index (χ4v) is 6.99. The Bertz CT molecular complexity index is 1510. The Morgan fingerprint density at radius 1 is 0.953 bits per heavy atom. The van der Waals surface area contributed by atoms with E-state index in [-0.39, 0.29) is 45.7 Å². The molecule has 1 amide bonds. The van der Waals surface area contributed by atoms with Crippen LogP contribution in [0.3, 0.4) is 0 Å². The number of ether oxygens (including phenoxy) is 2. The maximum Gasteiger partial charge on any atom is 0.262 e. The summed E-state index contributed by atoms with van der Waals surface area (Å²) in [6.45, 7) is 12.3. The van der Waals surface area contributed by atoms with Crippen molar-refractivity contribution >= 4 is 34.8 Å². The number of rotatable bonds is 7. The number of nitrogens with one attached hydrogen (secondary N) is 1. The van der Waals surface area contributed by atoms with Crippen molar-refractivity contribution < 1.29 is 23.9 Å². The lowest BCUT2D eigenvalue weighted by Gasteiger charge is -2.48. The van der Waals surface area contributed by atoms with Crippen LogP contribution in [0.15, 0.2) is 58.9 Å². The largest absolute Gasteiger partial charge is 0.490 e. The molecule has 1 aliphatic heterocycles. The summed E-state index contributed by atoms with van der Waals surface area (Å²) in [7, 11) is 1.99. The first-order valence-corrected chi connectivity index (χ1v) is 15.3. The Morgan fingerprint density at radius 3 is 2.12 bits per heavy atom. The third-order valence-electron chi connectivity index (χ3n) is 8.49. The highest BCUT2D eigenvalue weighted by Crippen LogP contribution is 2.55. The number of hydrogen-bond donors (Lipinski definition) is 1. The SMILES string of the molecule is CCOc1cc(C2C3=C(CC(C)(C)CC3=O)N(C)C3=C2C(=O)CC(C)(C)C3)cc(Cl)c1OCC(=O)Nc1cccc(C)c1. The Hall–Kier alpha value is -3.58. The predicted octanol–water partition coefficient (Wildman–Crippen LogP) is 7.38. The number of benzene rings is 2. The van der Waals surface area contributed by atoms with Crippen molar-refractivity contribution in [3.8, 4) is 11.5 Å². The molecule has 0 saturated heterocycles. The van der Waals surface area contributed by atoms with Gasteiger partial charge < -0.3 is 19.7 Å². The normalized spacial score (nSPS) is 19.7. The zero-order valence-electron chi connectivity index (χ0n) is 26.2. The van der Waals surface area contributed by atoms with Crippen molar-refractivity contribution in [3.05, 3.63) is 75.1 Å². The van der Waals surface area contributed by atoms with Crippen molar-refractivity contribution in [1.82, 2.24) is 4.90 Å². The standard InChI is InChI=1S/C35H41ClN2O5/c1-8-42-28-14-21(13-23(36)33(28)43-19-29(41)37-22-11-9-10-20(2)12-22)30-31-24(15-34(3,4)17-26(31)39)38(7)25-16-35(5,6)18-27(40)32(25)30/h9-14,30H,8,15-19H2,1-7H3,(H,37,41). The number of carbonyl (C=O) groups excluding carboxylic acids is 3. The van der Waals surface area contributed by atoms with Gasteiger partial charge in [0.2, 0.25) is 0 Å². The fraction of sp³-hybridized carbons (Fsp3) is 0.457. The van der Waals surface area contributed by atoms with Gasteiger partial charge >= 0.3 is 0 Å². The molecule has 0 fully saturated rings. The third-order valence-corrected chi connectivity index (χ3v) is 8.78. The molecule has 7 nitrogen and oxygen atoms in total. The van der Waals surface area contributed by atoms with E-state index in [9.17, 15) is 14.4 Å². The summed E-state index contributed by atoms with van der Waals surface area (Å²) in [6, 6.07) is 11.1.